The molecule has 28 heavy (non-hydrogen) atoms. The maximum absolute atomic E-state index is 12.6. The van der Waals surface area contributed by atoms with Gasteiger partial charge in [-0.2, -0.15) is 4.98 Å². The molecule has 0 fully saturated rings. The van der Waals surface area contributed by atoms with Gasteiger partial charge in [-0.15, -0.1) is 0 Å². The molecule has 1 aromatic heterocycles. The number of rotatable bonds is 7. The summed E-state index contributed by atoms with van der Waals surface area (Å²) in [6.45, 7) is 3.91. The van der Waals surface area contributed by atoms with Crippen LogP contribution in [-0.2, 0) is 11.3 Å². The second-order valence-electron chi connectivity index (χ2n) is 6.51. The Bertz CT molecular complexity index is 937. The number of ether oxygens (including phenoxy) is 2. The van der Waals surface area contributed by atoms with Gasteiger partial charge in [-0.25, -0.2) is 0 Å². The average Bonchev–Trinajstić information content (AvgIpc) is 3.16. The highest BCUT2D eigenvalue weighted by molar-refractivity contribution is 5.80. The van der Waals surface area contributed by atoms with Gasteiger partial charge in [-0.05, 0) is 26.0 Å². The third kappa shape index (κ3) is 4.68. The summed E-state index contributed by atoms with van der Waals surface area (Å²) in [5.41, 5.74) is 2.02. The van der Waals surface area contributed by atoms with Gasteiger partial charge >= 0.3 is 0 Å². The first-order chi connectivity index (χ1) is 13.5. The van der Waals surface area contributed by atoms with Crippen molar-refractivity contribution in [2.24, 2.45) is 0 Å². The first kappa shape index (κ1) is 19.4. The lowest BCUT2D eigenvalue weighted by molar-refractivity contribution is -0.137. The summed E-state index contributed by atoms with van der Waals surface area (Å²) >= 11 is 0. The highest BCUT2D eigenvalue weighted by Gasteiger charge is 2.21. The largest absolute Gasteiger partial charge is 0.497 e. The van der Waals surface area contributed by atoms with Crippen LogP contribution < -0.4 is 9.47 Å². The van der Waals surface area contributed by atoms with Crippen molar-refractivity contribution < 1.29 is 18.8 Å². The molecule has 7 heteroatoms. The molecule has 0 bridgehead atoms. The molecule has 7 nitrogen and oxygen atoms in total. The summed E-state index contributed by atoms with van der Waals surface area (Å²) < 4.78 is 16.2. The highest BCUT2D eigenvalue weighted by atomic mass is 16.5. The standard InChI is InChI=1S/C21H23N3O4/c1-14-8-10-16(11-9-14)20-22-19(28-23-20)13-24(3)21(25)15(2)27-18-7-5-6-17(12-18)26-4/h5-12,15H,13H2,1-4H3/t15-/m0/s1. The number of carbonyl (C=O) groups excluding carboxylic acids is 1. The van der Waals surface area contributed by atoms with Crippen LogP contribution in [0.15, 0.2) is 53.1 Å². The molecule has 0 N–H and O–H groups in total. The number of aryl methyl sites for hydroxylation is 1. The molecule has 0 aliphatic heterocycles. The number of methoxy groups -OCH3 is 1. The van der Waals surface area contributed by atoms with Crippen molar-refractivity contribution in [1.29, 1.82) is 0 Å². The van der Waals surface area contributed by atoms with E-state index in [4.69, 9.17) is 14.0 Å². The van der Waals surface area contributed by atoms with Crippen molar-refractivity contribution >= 4 is 5.91 Å². The molecular weight excluding hydrogens is 358 g/mol. The van der Waals surface area contributed by atoms with Crippen LogP contribution in [0.1, 0.15) is 18.4 Å². The van der Waals surface area contributed by atoms with Gasteiger partial charge in [0.1, 0.15) is 11.5 Å². The van der Waals surface area contributed by atoms with Gasteiger partial charge in [-0.1, -0.05) is 41.1 Å². The van der Waals surface area contributed by atoms with Gasteiger partial charge in [0, 0.05) is 18.7 Å². The molecule has 0 radical (unpaired) electrons. The van der Waals surface area contributed by atoms with Crippen molar-refractivity contribution in [3.63, 3.8) is 0 Å². The minimum Gasteiger partial charge on any atom is -0.497 e. The average molecular weight is 381 g/mol. The van der Waals surface area contributed by atoms with Crippen molar-refractivity contribution in [1.82, 2.24) is 15.0 Å². The van der Waals surface area contributed by atoms with Crippen LogP contribution in [-0.4, -0.2) is 41.2 Å². The summed E-state index contributed by atoms with van der Waals surface area (Å²) in [4.78, 5) is 18.5. The molecule has 2 aromatic carbocycles. The Hall–Kier alpha value is -3.35. The number of hydrogen-bond acceptors (Lipinski definition) is 6. The Kier molecular flexibility index (Phi) is 5.93. The van der Waals surface area contributed by atoms with E-state index >= 15 is 0 Å². The van der Waals surface area contributed by atoms with E-state index in [0.717, 1.165) is 11.1 Å². The summed E-state index contributed by atoms with van der Waals surface area (Å²) in [6, 6.07) is 15.0. The van der Waals surface area contributed by atoms with Crippen LogP contribution in [0.2, 0.25) is 0 Å². The van der Waals surface area contributed by atoms with Gasteiger partial charge < -0.3 is 18.9 Å². The molecule has 3 aromatic rings. The minimum absolute atomic E-state index is 0.196. The Morgan fingerprint density at radius 2 is 1.89 bits per heavy atom. The van der Waals surface area contributed by atoms with Crippen molar-refractivity contribution in [3.8, 4) is 22.9 Å². The van der Waals surface area contributed by atoms with Crippen molar-refractivity contribution in [2.45, 2.75) is 26.5 Å². The van der Waals surface area contributed by atoms with E-state index in [1.807, 2.05) is 37.3 Å². The maximum atomic E-state index is 12.6. The van der Waals surface area contributed by atoms with Gasteiger partial charge in [0.2, 0.25) is 11.7 Å². The fraction of sp³-hybridized carbons (Fsp3) is 0.286. The van der Waals surface area contributed by atoms with Gasteiger partial charge in [0.15, 0.2) is 6.10 Å². The zero-order valence-electron chi connectivity index (χ0n) is 16.4. The van der Waals surface area contributed by atoms with Crippen LogP contribution in [0, 0.1) is 6.92 Å². The number of amides is 1. The maximum Gasteiger partial charge on any atom is 0.263 e. The normalized spacial score (nSPS) is 11.7. The lowest BCUT2D eigenvalue weighted by atomic mass is 10.1. The molecule has 1 atom stereocenters. The minimum atomic E-state index is -0.670. The third-order valence-corrected chi connectivity index (χ3v) is 4.23. The quantitative estimate of drug-likeness (QED) is 0.624. The van der Waals surface area contributed by atoms with Crippen molar-refractivity contribution in [3.05, 3.63) is 60.0 Å². The number of hydrogen-bond donors (Lipinski definition) is 0. The van der Waals surface area contributed by atoms with Gasteiger partial charge in [0.05, 0.1) is 13.7 Å². The van der Waals surface area contributed by atoms with Crippen LogP contribution in [0.5, 0.6) is 11.5 Å². The fourth-order valence-electron chi connectivity index (χ4n) is 2.66. The van der Waals surface area contributed by atoms with E-state index in [1.54, 1.807) is 39.3 Å². The second-order valence-corrected chi connectivity index (χ2v) is 6.51. The lowest BCUT2D eigenvalue weighted by Crippen LogP contribution is -2.37. The highest BCUT2D eigenvalue weighted by Crippen LogP contribution is 2.21. The van der Waals surface area contributed by atoms with Crippen LogP contribution in [0.4, 0.5) is 0 Å². The Labute approximate surface area is 163 Å². The van der Waals surface area contributed by atoms with E-state index in [1.165, 1.54) is 4.90 Å². The summed E-state index contributed by atoms with van der Waals surface area (Å²) in [5.74, 6) is 1.89. The zero-order valence-corrected chi connectivity index (χ0v) is 16.4. The summed E-state index contributed by atoms with van der Waals surface area (Å²) in [5, 5.41) is 3.99. The van der Waals surface area contributed by atoms with E-state index in [-0.39, 0.29) is 12.5 Å². The van der Waals surface area contributed by atoms with Crippen molar-refractivity contribution in [2.75, 3.05) is 14.2 Å². The molecule has 1 amide bonds. The Morgan fingerprint density at radius 1 is 1.18 bits per heavy atom. The topological polar surface area (TPSA) is 77.7 Å². The second kappa shape index (κ2) is 8.56. The molecule has 0 saturated carbocycles. The van der Waals surface area contributed by atoms with Gasteiger partial charge in [-0.3, -0.25) is 4.79 Å². The molecule has 0 saturated heterocycles. The molecule has 0 aliphatic carbocycles. The fourth-order valence-corrected chi connectivity index (χ4v) is 2.66. The molecule has 0 unspecified atom stereocenters. The number of likely N-dealkylation sites (N-methyl/N-ethyl adjacent to an activating group) is 1. The predicted octanol–water partition coefficient (Wildman–Crippen LogP) is 3.48. The number of carbonyl (C=O) groups is 1. The molecule has 1 heterocycles. The van der Waals surface area contributed by atoms with Gasteiger partial charge in [0.25, 0.3) is 5.91 Å². The molecule has 0 aliphatic rings. The Morgan fingerprint density at radius 3 is 2.61 bits per heavy atom. The van der Waals surface area contributed by atoms with E-state index in [2.05, 4.69) is 10.1 Å². The van der Waals surface area contributed by atoms with Crippen LogP contribution in [0.3, 0.4) is 0 Å². The summed E-state index contributed by atoms with van der Waals surface area (Å²) in [7, 11) is 3.25. The molecule has 3 rings (SSSR count). The SMILES string of the molecule is COc1cccc(O[C@@H](C)C(=O)N(C)Cc2nc(-c3ccc(C)cc3)no2)c1. The van der Waals surface area contributed by atoms with Crippen LogP contribution >= 0.6 is 0 Å². The first-order valence-electron chi connectivity index (χ1n) is 8.91. The Balaban J connectivity index is 1.61. The number of nitrogens with zero attached hydrogens (tertiary/aromatic N) is 3. The monoisotopic (exact) mass is 381 g/mol. The lowest BCUT2D eigenvalue weighted by Gasteiger charge is -2.20. The number of benzene rings is 2. The smallest absolute Gasteiger partial charge is 0.263 e. The molecule has 146 valence electrons. The van der Waals surface area contributed by atoms with E-state index in [9.17, 15) is 4.79 Å². The molecule has 0 spiro atoms. The first-order valence-corrected chi connectivity index (χ1v) is 8.91. The van der Waals surface area contributed by atoms with E-state index in [0.29, 0.717) is 23.2 Å². The predicted molar refractivity (Wildman–Crippen MR) is 104 cm³/mol. The molecular formula is C21H23N3O4. The van der Waals surface area contributed by atoms with Crippen LogP contribution in [0.25, 0.3) is 11.4 Å². The summed E-state index contributed by atoms with van der Waals surface area (Å²) in [6.07, 6.45) is -0.670. The number of aromatic nitrogens is 2. The van der Waals surface area contributed by atoms with E-state index < -0.39 is 6.10 Å². The third-order valence-electron chi connectivity index (χ3n) is 4.23. The zero-order chi connectivity index (χ0) is 20.1.